The maximum atomic E-state index is 12.3. The normalized spacial score (nSPS) is 11.1. The summed E-state index contributed by atoms with van der Waals surface area (Å²) in [6, 6.07) is 0. The molecular weight excluding hydrogens is 412 g/mol. The van der Waals surface area contributed by atoms with Crippen molar-refractivity contribution < 1.29 is 32.4 Å². The molecule has 0 aliphatic heterocycles. The zero-order chi connectivity index (χ0) is 16.2. The quantitative estimate of drug-likeness (QED) is 0.315. The highest BCUT2D eigenvalue weighted by atomic mass is 127. The van der Waals surface area contributed by atoms with Crippen molar-refractivity contribution in [2.24, 2.45) is 0 Å². The summed E-state index contributed by atoms with van der Waals surface area (Å²) < 4.78 is 45.0. The fourth-order valence-electron chi connectivity index (χ4n) is 1.38. The van der Waals surface area contributed by atoms with Crippen molar-refractivity contribution in [2.45, 2.75) is 19.7 Å². The fourth-order valence-corrected chi connectivity index (χ4v) is 1.88. The summed E-state index contributed by atoms with van der Waals surface area (Å²) in [4.78, 5) is 24.8. The molecule has 0 aliphatic carbocycles. The van der Waals surface area contributed by atoms with Gasteiger partial charge in [-0.1, -0.05) is 0 Å². The number of carbonyl (C=O) groups excluding carboxylic acids is 1. The number of alkyl halides is 3. The van der Waals surface area contributed by atoms with Crippen LogP contribution >= 0.6 is 22.6 Å². The smallest absolute Gasteiger partial charge is 0.466 e. The molecule has 0 amide bonds. The lowest BCUT2D eigenvalue weighted by Gasteiger charge is -2.12. The molecule has 0 saturated carbocycles. The first-order chi connectivity index (χ1) is 9.65. The van der Waals surface area contributed by atoms with Crippen LogP contribution in [0.5, 0.6) is 5.75 Å². The van der Waals surface area contributed by atoms with Crippen LogP contribution in [-0.4, -0.2) is 28.8 Å². The van der Waals surface area contributed by atoms with Crippen molar-refractivity contribution in [3.05, 3.63) is 25.6 Å². The van der Waals surface area contributed by atoms with Crippen molar-refractivity contribution in [2.75, 3.05) is 6.61 Å². The Morgan fingerprint density at radius 2 is 2.14 bits per heavy atom. The van der Waals surface area contributed by atoms with E-state index in [1.807, 2.05) is 0 Å². The lowest BCUT2D eigenvalue weighted by molar-refractivity contribution is -0.389. The third-order valence-corrected chi connectivity index (χ3v) is 2.82. The monoisotopic (exact) mass is 420 g/mol. The lowest BCUT2D eigenvalue weighted by Crippen LogP contribution is -2.20. The maximum absolute atomic E-state index is 12.3. The van der Waals surface area contributed by atoms with E-state index in [0.717, 1.165) is 6.20 Å². The van der Waals surface area contributed by atoms with Gasteiger partial charge in [0, 0.05) is 6.20 Å². The number of nitro groups is 1. The Labute approximate surface area is 129 Å². The van der Waals surface area contributed by atoms with Crippen molar-refractivity contribution in [3.8, 4) is 5.75 Å². The Balaban J connectivity index is 3.30. The first kappa shape index (κ1) is 17.4. The SMILES string of the molecule is CCOC(=O)Cc1ncc(I)c(OC(F)(F)F)c1[N+](=O)[O-]. The van der Waals surface area contributed by atoms with E-state index in [-0.39, 0.29) is 10.2 Å². The minimum absolute atomic E-state index is 0.0307. The molecule has 0 atom stereocenters. The van der Waals surface area contributed by atoms with Crippen LogP contribution in [0.4, 0.5) is 18.9 Å². The topological polar surface area (TPSA) is 91.6 Å². The molecule has 0 aliphatic rings. The number of aromatic nitrogens is 1. The van der Waals surface area contributed by atoms with Gasteiger partial charge in [-0.25, -0.2) is 0 Å². The molecule has 0 bridgehead atoms. The Hall–Kier alpha value is -1.66. The summed E-state index contributed by atoms with van der Waals surface area (Å²) in [6.07, 6.45) is -4.79. The summed E-state index contributed by atoms with van der Waals surface area (Å²) in [5.41, 5.74) is -1.47. The van der Waals surface area contributed by atoms with Crippen LogP contribution in [0.3, 0.4) is 0 Å². The average Bonchev–Trinajstić information content (AvgIpc) is 2.31. The molecule has 11 heteroatoms. The van der Waals surface area contributed by atoms with Gasteiger partial charge in [-0.15, -0.1) is 13.2 Å². The molecule has 0 radical (unpaired) electrons. The molecule has 1 aromatic rings. The minimum atomic E-state index is -5.10. The molecule has 116 valence electrons. The first-order valence-electron chi connectivity index (χ1n) is 5.38. The Kier molecular flexibility index (Phi) is 5.69. The van der Waals surface area contributed by atoms with Gasteiger partial charge in [-0.2, -0.15) is 0 Å². The van der Waals surface area contributed by atoms with Crippen molar-refractivity contribution in [1.29, 1.82) is 0 Å². The van der Waals surface area contributed by atoms with Crippen LogP contribution < -0.4 is 4.74 Å². The van der Waals surface area contributed by atoms with Gasteiger partial charge in [0.05, 0.1) is 21.5 Å². The van der Waals surface area contributed by atoms with Gasteiger partial charge in [-0.05, 0) is 29.5 Å². The standard InChI is InChI=1S/C10H8F3IN2O5/c1-2-20-7(17)3-6-8(16(18)19)9(5(14)4-15-6)21-10(11,12)13/h4H,2-3H2,1H3. The molecule has 0 spiro atoms. The van der Waals surface area contributed by atoms with Crippen LogP contribution in [-0.2, 0) is 16.0 Å². The van der Waals surface area contributed by atoms with Crippen LogP contribution in [0, 0.1) is 13.7 Å². The van der Waals surface area contributed by atoms with Crippen LogP contribution in [0.15, 0.2) is 6.20 Å². The van der Waals surface area contributed by atoms with Crippen LogP contribution in [0.25, 0.3) is 0 Å². The van der Waals surface area contributed by atoms with Gasteiger partial charge in [0.25, 0.3) is 0 Å². The second kappa shape index (κ2) is 6.87. The second-order valence-electron chi connectivity index (χ2n) is 3.52. The summed E-state index contributed by atoms with van der Waals surface area (Å²) in [5.74, 6) is -1.84. The zero-order valence-corrected chi connectivity index (χ0v) is 12.6. The predicted molar refractivity (Wildman–Crippen MR) is 70.6 cm³/mol. The molecule has 0 unspecified atom stereocenters. The van der Waals surface area contributed by atoms with E-state index in [0.29, 0.717) is 0 Å². The van der Waals surface area contributed by atoms with E-state index >= 15 is 0 Å². The molecule has 7 nitrogen and oxygen atoms in total. The second-order valence-corrected chi connectivity index (χ2v) is 4.68. The molecular formula is C10H8F3IN2O5. The zero-order valence-electron chi connectivity index (χ0n) is 10.4. The lowest BCUT2D eigenvalue weighted by atomic mass is 10.2. The highest BCUT2D eigenvalue weighted by molar-refractivity contribution is 14.1. The van der Waals surface area contributed by atoms with Gasteiger partial charge < -0.3 is 9.47 Å². The van der Waals surface area contributed by atoms with E-state index in [9.17, 15) is 28.1 Å². The van der Waals surface area contributed by atoms with Crippen molar-refractivity contribution in [3.63, 3.8) is 0 Å². The number of esters is 1. The summed E-state index contributed by atoms with van der Waals surface area (Å²) in [7, 11) is 0. The minimum Gasteiger partial charge on any atom is -0.466 e. The number of nitrogens with zero attached hydrogens (tertiary/aromatic N) is 2. The summed E-state index contributed by atoms with van der Waals surface area (Å²) in [5, 5.41) is 11.0. The summed E-state index contributed by atoms with van der Waals surface area (Å²) >= 11 is 1.42. The van der Waals surface area contributed by atoms with E-state index in [1.165, 1.54) is 29.5 Å². The third kappa shape index (κ3) is 4.99. The number of carbonyl (C=O) groups is 1. The van der Waals surface area contributed by atoms with Gasteiger partial charge in [0.2, 0.25) is 5.75 Å². The van der Waals surface area contributed by atoms with Crippen molar-refractivity contribution in [1.82, 2.24) is 4.98 Å². The number of hydrogen-bond donors (Lipinski definition) is 0. The average molecular weight is 420 g/mol. The Bertz CT molecular complexity index is 564. The molecule has 1 rings (SSSR count). The molecule has 0 saturated heterocycles. The van der Waals surface area contributed by atoms with Crippen molar-refractivity contribution >= 4 is 34.2 Å². The fraction of sp³-hybridized carbons (Fsp3) is 0.400. The number of ether oxygens (including phenoxy) is 2. The van der Waals surface area contributed by atoms with Gasteiger partial charge in [-0.3, -0.25) is 19.9 Å². The Morgan fingerprint density at radius 1 is 1.52 bits per heavy atom. The van der Waals surface area contributed by atoms with E-state index in [4.69, 9.17) is 0 Å². The van der Waals surface area contributed by atoms with Crippen LogP contribution in [0.1, 0.15) is 12.6 Å². The predicted octanol–water partition coefficient (Wildman–Crippen LogP) is 2.60. The molecule has 1 aromatic heterocycles. The number of hydrogen-bond acceptors (Lipinski definition) is 6. The maximum Gasteiger partial charge on any atom is 0.573 e. The molecule has 0 aromatic carbocycles. The summed E-state index contributed by atoms with van der Waals surface area (Å²) in [6.45, 7) is 1.55. The number of pyridine rings is 1. The highest BCUT2D eigenvalue weighted by Gasteiger charge is 2.37. The molecule has 21 heavy (non-hydrogen) atoms. The molecule has 0 N–H and O–H groups in total. The largest absolute Gasteiger partial charge is 0.573 e. The first-order valence-corrected chi connectivity index (χ1v) is 6.46. The van der Waals surface area contributed by atoms with Gasteiger partial charge in [0.1, 0.15) is 5.69 Å². The molecule has 0 fully saturated rings. The molecule has 1 heterocycles. The van der Waals surface area contributed by atoms with Gasteiger partial charge >= 0.3 is 18.0 Å². The highest BCUT2D eigenvalue weighted by Crippen LogP contribution is 2.37. The third-order valence-electron chi connectivity index (χ3n) is 2.06. The number of rotatable bonds is 5. The number of halogens is 4. The van der Waals surface area contributed by atoms with E-state index < -0.39 is 40.8 Å². The Morgan fingerprint density at radius 3 is 2.62 bits per heavy atom. The van der Waals surface area contributed by atoms with E-state index in [1.54, 1.807) is 0 Å². The van der Waals surface area contributed by atoms with Crippen LogP contribution in [0.2, 0.25) is 0 Å². The van der Waals surface area contributed by atoms with Gasteiger partial charge in [0.15, 0.2) is 0 Å². The van der Waals surface area contributed by atoms with E-state index in [2.05, 4.69) is 14.5 Å².